The highest BCUT2D eigenvalue weighted by atomic mass is 79.9. The van der Waals surface area contributed by atoms with Gasteiger partial charge in [0.2, 0.25) is 5.28 Å². The zero-order chi connectivity index (χ0) is 8.72. The molecule has 0 saturated carbocycles. The lowest BCUT2D eigenvalue weighted by atomic mass is 10.5. The molecule has 2 aromatic rings. The van der Waals surface area contributed by atoms with Crippen LogP contribution in [0.15, 0.2) is 10.8 Å². The highest BCUT2D eigenvalue weighted by molar-refractivity contribution is 9.10. The van der Waals surface area contributed by atoms with Gasteiger partial charge in [0.05, 0.1) is 11.9 Å². The van der Waals surface area contributed by atoms with E-state index in [4.69, 9.17) is 11.6 Å². The van der Waals surface area contributed by atoms with Gasteiger partial charge in [0.15, 0.2) is 5.65 Å². The van der Waals surface area contributed by atoms with Crippen molar-refractivity contribution in [3.63, 3.8) is 0 Å². The average molecular weight is 247 g/mol. The summed E-state index contributed by atoms with van der Waals surface area (Å²) in [7, 11) is 0. The third kappa shape index (κ3) is 1.09. The van der Waals surface area contributed by atoms with Gasteiger partial charge in [-0.1, -0.05) is 0 Å². The van der Waals surface area contributed by atoms with E-state index in [-0.39, 0.29) is 5.28 Å². The predicted molar refractivity (Wildman–Crippen MR) is 48.2 cm³/mol. The van der Waals surface area contributed by atoms with Crippen LogP contribution in [0.5, 0.6) is 0 Å². The largest absolute Gasteiger partial charge is 0.241 e. The van der Waals surface area contributed by atoms with Gasteiger partial charge in [0.25, 0.3) is 0 Å². The molecule has 0 N–H and O–H groups in total. The van der Waals surface area contributed by atoms with Crippen LogP contribution in [0.4, 0.5) is 0 Å². The summed E-state index contributed by atoms with van der Waals surface area (Å²) in [6, 6.07) is 0. The Hall–Kier alpha value is -0.680. The van der Waals surface area contributed by atoms with Crippen LogP contribution in [0.3, 0.4) is 0 Å². The number of nitrogens with zero attached hydrogens (tertiary/aromatic N) is 4. The van der Waals surface area contributed by atoms with Crippen molar-refractivity contribution in [2.24, 2.45) is 0 Å². The van der Waals surface area contributed by atoms with E-state index in [1.807, 2.05) is 6.92 Å². The number of aryl methyl sites for hydroxylation is 1. The summed E-state index contributed by atoms with van der Waals surface area (Å²) in [4.78, 5) is 8.06. The monoisotopic (exact) mass is 246 g/mol. The highest BCUT2D eigenvalue weighted by Gasteiger charge is 2.06. The first-order valence-electron chi connectivity index (χ1n) is 3.22. The number of fused-ring (bicyclic) bond motifs is 1. The lowest BCUT2D eigenvalue weighted by Crippen LogP contribution is -1.98. The summed E-state index contributed by atoms with van der Waals surface area (Å²) >= 11 is 8.95. The minimum Gasteiger partial charge on any atom is -0.233 e. The third-order valence-corrected chi connectivity index (χ3v) is 2.16. The molecule has 0 aliphatic carbocycles. The van der Waals surface area contributed by atoms with E-state index in [9.17, 15) is 0 Å². The summed E-state index contributed by atoms with van der Waals surface area (Å²) in [5.74, 6) is 0. The Kier molecular flexibility index (Phi) is 1.77. The Morgan fingerprint density at radius 2 is 2.33 bits per heavy atom. The van der Waals surface area contributed by atoms with Crippen LogP contribution < -0.4 is 0 Å². The number of halogens is 2. The molecule has 0 unspecified atom stereocenters. The van der Waals surface area contributed by atoms with Crippen LogP contribution in [0.25, 0.3) is 5.65 Å². The molecule has 62 valence electrons. The molecule has 2 aromatic heterocycles. The SMILES string of the molecule is Cc1nc(Cl)nn2c(Br)cnc12. The summed E-state index contributed by atoms with van der Waals surface area (Å²) < 4.78 is 2.37. The minimum absolute atomic E-state index is 0.221. The molecule has 0 fully saturated rings. The first-order valence-corrected chi connectivity index (χ1v) is 4.39. The number of rotatable bonds is 0. The quantitative estimate of drug-likeness (QED) is 0.713. The fourth-order valence-electron chi connectivity index (χ4n) is 0.960. The summed E-state index contributed by atoms with van der Waals surface area (Å²) in [5, 5.41) is 4.18. The maximum Gasteiger partial charge on any atom is 0.241 e. The van der Waals surface area contributed by atoms with E-state index in [2.05, 4.69) is 31.0 Å². The topological polar surface area (TPSA) is 43.1 Å². The van der Waals surface area contributed by atoms with Crippen molar-refractivity contribution in [1.82, 2.24) is 19.6 Å². The number of imidazole rings is 1. The maximum absolute atomic E-state index is 5.66. The Labute approximate surface area is 81.7 Å². The van der Waals surface area contributed by atoms with Crippen LogP contribution in [0.1, 0.15) is 5.69 Å². The second kappa shape index (κ2) is 2.67. The zero-order valence-electron chi connectivity index (χ0n) is 6.12. The fraction of sp³-hybridized carbons (Fsp3) is 0.167. The van der Waals surface area contributed by atoms with Crippen LogP contribution in [-0.2, 0) is 0 Å². The van der Waals surface area contributed by atoms with Gasteiger partial charge in [-0.2, -0.15) is 0 Å². The molecule has 2 heterocycles. The first-order chi connectivity index (χ1) is 5.68. The van der Waals surface area contributed by atoms with Crippen molar-refractivity contribution in [1.29, 1.82) is 0 Å². The standard InChI is InChI=1S/C6H4BrClN4/c1-3-5-9-2-4(7)12(5)11-6(8)10-3/h2H,1H3. The molecular weight excluding hydrogens is 243 g/mol. The van der Waals surface area contributed by atoms with Crippen molar-refractivity contribution >= 4 is 33.2 Å². The Morgan fingerprint density at radius 1 is 1.58 bits per heavy atom. The van der Waals surface area contributed by atoms with Gasteiger partial charge in [-0.15, -0.1) is 5.10 Å². The lowest BCUT2D eigenvalue weighted by Gasteiger charge is -1.96. The van der Waals surface area contributed by atoms with Crippen molar-refractivity contribution < 1.29 is 0 Å². The van der Waals surface area contributed by atoms with Crippen molar-refractivity contribution in [2.75, 3.05) is 0 Å². The van der Waals surface area contributed by atoms with Crippen LogP contribution in [-0.4, -0.2) is 19.6 Å². The van der Waals surface area contributed by atoms with Gasteiger partial charge in [-0.05, 0) is 34.5 Å². The van der Waals surface area contributed by atoms with E-state index < -0.39 is 0 Å². The highest BCUT2D eigenvalue weighted by Crippen LogP contribution is 2.14. The van der Waals surface area contributed by atoms with Gasteiger partial charge in [-0.3, -0.25) is 0 Å². The van der Waals surface area contributed by atoms with Crippen molar-refractivity contribution in [3.8, 4) is 0 Å². The molecular formula is C6H4BrClN4. The van der Waals surface area contributed by atoms with E-state index in [1.54, 1.807) is 10.7 Å². The number of hydrogen-bond donors (Lipinski definition) is 0. The molecule has 0 aliphatic heterocycles. The van der Waals surface area contributed by atoms with Crippen molar-refractivity contribution in [3.05, 3.63) is 21.8 Å². The first kappa shape index (κ1) is 7.94. The molecule has 0 amide bonds. The summed E-state index contributed by atoms with van der Waals surface area (Å²) in [6.45, 7) is 1.84. The molecule has 0 atom stereocenters. The smallest absolute Gasteiger partial charge is 0.233 e. The molecule has 0 aliphatic rings. The molecule has 0 radical (unpaired) electrons. The summed E-state index contributed by atoms with van der Waals surface area (Å²) in [5.41, 5.74) is 1.48. The van der Waals surface area contributed by atoms with Gasteiger partial charge in [-0.25, -0.2) is 14.5 Å². The Morgan fingerprint density at radius 3 is 3.08 bits per heavy atom. The average Bonchev–Trinajstić information content (AvgIpc) is 2.33. The van der Waals surface area contributed by atoms with E-state index in [1.165, 1.54) is 0 Å². The summed E-state index contributed by atoms with van der Waals surface area (Å²) in [6.07, 6.45) is 1.66. The maximum atomic E-state index is 5.66. The molecule has 0 bridgehead atoms. The molecule has 0 spiro atoms. The molecule has 0 aromatic carbocycles. The van der Waals surface area contributed by atoms with Crippen LogP contribution >= 0.6 is 27.5 Å². The predicted octanol–water partition coefficient (Wildman–Crippen LogP) is 1.85. The van der Waals surface area contributed by atoms with Gasteiger partial charge in [0, 0.05) is 0 Å². The van der Waals surface area contributed by atoms with Crippen molar-refractivity contribution in [2.45, 2.75) is 6.92 Å². The molecule has 4 nitrogen and oxygen atoms in total. The lowest BCUT2D eigenvalue weighted by molar-refractivity contribution is 0.867. The van der Waals surface area contributed by atoms with Gasteiger partial charge >= 0.3 is 0 Å². The third-order valence-electron chi connectivity index (χ3n) is 1.46. The van der Waals surface area contributed by atoms with Crippen LogP contribution in [0.2, 0.25) is 5.28 Å². The second-order valence-corrected chi connectivity index (χ2v) is 3.43. The minimum atomic E-state index is 0.221. The number of aromatic nitrogens is 4. The van der Waals surface area contributed by atoms with Gasteiger partial charge in [0.1, 0.15) is 4.60 Å². The van der Waals surface area contributed by atoms with E-state index in [0.29, 0.717) is 5.65 Å². The number of hydrogen-bond acceptors (Lipinski definition) is 3. The van der Waals surface area contributed by atoms with Gasteiger partial charge < -0.3 is 0 Å². The molecule has 6 heteroatoms. The molecule has 2 rings (SSSR count). The second-order valence-electron chi connectivity index (χ2n) is 2.28. The normalized spacial score (nSPS) is 10.9. The fourth-order valence-corrected chi connectivity index (χ4v) is 1.51. The molecule has 0 saturated heterocycles. The Bertz CT molecular complexity index is 438. The zero-order valence-corrected chi connectivity index (χ0v) is 8.46. The molecule has 12 heavy (non-hydrogen) atoms. The van der Waals surface area contributed by atoms with E-state index in [0.717, 1.165) is 10.3 Å². The van der Waals surface area contributed by atoms with E-state index >= 15 is 0 Å². The Balaban J connectivity index is 2.92. The van der Waals surface area contributed by atoms with Crippen LogP contribution in [0, 0.1) is 6.92 Å².